The zero-order valence-electron chi connectivity index (χ0n) is 12.0. The Bertz CT molecular complexity index is 688. The quantitative estimate of drug-likeness (QED) is 0.884. The number of methoxy groups -OCH3 is 1. The monoisotopic (exact) mass is 318 g/mol. The number of nitrogens with one attached hydrogen (secondary N) is 1. The Kier molecular flexibility index (Phi) is 4.15. The average Bonchev–Trinajstić information content (AvgIpc) is 2.56. The van der Waals surface area contributed by atoms with E-state index < -0.39 is 0 Å². The molecule has 0 fully saturated rings. The molecule has 1 N–H and O–H groups in total. The van der Waals surface area contributed by atoms with Crippen LogP contribution in [0.5, 0.6) is 11.5 Å². The zero-order valence-corrected chi connectivity index (χ0v) is 12.8. The van der Waals surface area contributed by atoms with Gasteiger partial charge in [-0.2, -0.15) is 0 Å². The summed E-state index contributed by atoms with van der Waals surface area (Å²) in [5.74, 6) is 1.19. The van der Waals surface area contributed by atoms with Crippen LogP contribution in [0.4, 0.5) is 5.69 Å². The number of amides is 1. The molecule has 0 radical (unpaired) electrons. The van der Waals surface area contributed by atoms with Gasteiger partial charge in [0.1, 0.15) is 23.3 Å². The van der Waals surface area contributed by atoms with Gasteiger partial charge in [-0.25, -0.2) is 4.98 Å². The van der Waals surface area contributed by atoms with E-state index in [9.17, 15) is 4.79 Å². The molecule has 1 unspecified atom stereocenters. The lowest BCUT2D eigenvalue weighted by Crippen LogP contribution is -2.32. The number of aromatic nitrogens is 1. The van der Waals surface area contributed by atoms with Crippen LogP contribution < -0.4 is 14.8 Å². The molecule has 0 aliphatic carbocycles. The molecule has 0 bridgehead atoms. The van der Waals surface area contributed by atoms with Gasteiger partial charge < -0.3 is 14.8 Å². The number of nitrogens with zero attached hydrogens (tertiary/aromatic N) is 1. The summed E-state index contributed by atoms with van der Waals surface area (Å²) in [6.45, 7) is 0.340. The molecule has 1 atom stereocenters. The summed E-state index contributed by atoms with van der Waals surface area (Å²) in [6.07, 6.45) is 2.16. The summed E-state index contributed by atoms with van der Waals surface area (Å²) < 4.78 is 10.8. The van der Waals surface area contributed by atoms with Crippen LogP contribution in [-0.4, -0.2) is 24.6 Å². The van der Waals surface area contributed by atoms with Crippen LogP contribution in [0.2, 0.25) is 5.15 Å². The number of anilines is 1. The molecule has 6 heteroatoms. The minimum atomic E-state index is -0.239. The molecule has 114 valence electrons. The topological polar surface area (TPSA) is 60.5 Å². The van der Waals surface area contributed by atoms with Crippen LogP contribution in [0.25, 0.3) is 0 Å². The molecule has 3 rings (SSSR count). The fourth-order valence-electron chi connectivity index (χ4n) is 2.34. The highest BCUT2D eigenvalue weighted by Crippen LogP contribution is 2.31. The van der Waals surface area contributed by atoms with E-state index in [4.69, 9.17) is 21.1 Å². The van der Waals surface area contributed by atoms with E-state index >= 15 is 0 Å². The van der Waals surface area contributed by atoms with Crippen LogP contribution in [-0.2, 0) is 11.2 Å². The number of carbonyl (C=O) groups is 1. The van der Waals surface area contributed by atoms with Gasteiger partial charge in [0.2, 0.25) is 5.91 Å². The van der Waals surface area contributed by atoms with E-state index in [0.29, 0.717) is 23.9 Å². The number of rotatable bonds is 3. The average molecular weight is 319 g/mol. The molecule has 5 nitrogen and oxygen atoms in total. The lowest BCUT2D eigenvalue weighted by Gasteiger charge is -2.25. The normalized spacial score (nSPS) is 16.4. The number of fused-ring (bicyclic) bond motifs is 1. The van der Waals surface area contributed by atoms with Gasteiger partial charge in [0.15, 0.2) is 0 Å². The molecule has 1 aromatic heterocycles. The minimum absolute atomic E-state index is 0.0920. The highest BCUT2D eigenvalue weighted by Gasteiger charge is 2.26. The summed E-state index contributed by atoms with van der Waals surface area (Å²) >= 11 is 5.72. The van der Waals surface area contributed by atoms with Crippen molar-refractivity contribution in [1.29, 1.82) is 0 Å². The third-order valence-corrected chi connectivity index (χ3v) is 3.77. The van der Waals surface area contributed by atoms with E-state index in [0.717, 1.165) is 17.1 Å². The Morgan fingerprint density at radius 1 is 1.41 bits per heavy atom. The number of ether oxygens (including phenoxy) is 2. The molecule has 0 saturated heterocycles. The number of hydrogen-bond acceptors (Lipinski definition) is 4. The van der Waals surface area contributed by atoms with Crippen LogP contribution >= 0.6 is 11.6 Å². The van der Waals surface area contributed by atoms with Gasteiger partial charge in [0, 0.05) is 6.07 Å². The Labute approximate surface area is 133 Å². The SMILES string of the molecule is COc1ccc2c(c1)OCC(C(=O)Nc1ccc(Cl)nc1)C2. The van der Waals surface area contributed by atoms with Crippen molar-refractivity contribution in [2.45, 2.75) is 6.42 Å². The summed E-state index contributed by atoms with van der Waals surface area (Å²) in [5, 5.41) is 3.22. The number of carbonyl (C=O) groups excluding carboxylic acids is 1. The van der Waals surface area contributed by atoms with Crippen molar-refractivity contribution in [3.8, 4) is 11.5 Å². The zero-order chi connectivity index (χ0) is 15.5. The van der Waals surface area contributed by atoms with E-state index in [1.54, 1.807) is 19.2 Å². The maximum absolute atomic E-state index is 12.3. The second-order valence-electron chi connectivity index (χ2n) is 5.04. The fraction of sp³-hybridized carbons (Fsp3) is 0.250. The smallest absolute Gasteiger partial charge is 0.231 e. The van der Waals surface area contributed by atoms with E-state index in [1.165, 1.54) is 6.20 Å². The van der Waals surface area contributed by atoms with Crippen LogP contribution in [0.1, 0.15) is 5.56 Å². The van der Waals surface area contributed by atoms with Crippen LogP contribution in [0.15, 0.2) is 36.5 Å². The van der Waals surface area contributed by atoms with Crippen molar-refractivity contribution in [3.05, 3.63) is 47.2 Å². The predicted octanol–water partition coefficient (Wildman–Crippen LogP) is 2.93. The summed E-state index contributed by atoms with van der Waals surface area (Å²) in [5.41, 5.74) is 1.62. The lowest BCUT2D eigenvalue weighted by atomic mass is 9.96. The molecule has 0 saturated carbocycles. The fourth-order valence-corrected chi connectivity index (χ4v) is 2.45. The van der Waals surface area contributed by atoms with Crippen LogP contribution in [0.3, 0.4) is 0 Å². The predicted molar refractivity (Wildman–Crippen MR) is 83.6 cm³/mol. The van der Waals surface area contributed by atoms with Crippen molar-refractivity contribution in [1.82, 2.24) is 4.98 Å². The van der Waals surface area contributed by atoms with Gasteiger partial charge in [0.05, 0.1) is 24.9 Å². The third-order valence-electron chi connectivity index (χ3n) is 3.55. The molecule has 2 aromatic rings. The van der Waals surface area contributed by atoms with Gasteiger partial charge in [0.25, 0.3) is 0 Å². The molecule has 1 amide bonds. The second kappa shape index (κ2) is 6.23. The highest BCUT2D eigenvalue weighted by atomic mass is 35.5. The Morgan fingerprint density at radius 2 is 2.27 bits per heavy atom. The Balaban J connectivity index is 1.68. The van der Waals surface area contributed by atoms with E-state index in [2.05, 4.69) is 10.3 Å². The molecular weight excluding hydrogens is 304 g/mol. The van der Waals surface area contributed by atoms with Crippen molar-refractivity contribution < 1.29 is 14.3 Å². The van der Waals surface area contributed by atoms with Crippen molar-refractivity contribution >= 4 is 23.2 Å². The van der Waals surface area contributed by atoms with E-state index in [-0.39, 0.29) is 11.8 Å². The second-order valence-corrected chi connectivity index (χ2v) is 5.43. The lowest BCUT2D eigenvalue weighted by molar-refractivity contribution is -0.121. The first-order valence-corrected chi connectivity index (χ1v) is 7.25. The molecule has 22 heavy (non-hydrogen) atoms. The van der Waals surface area contributed by atoms with Gasteiger partial charge in [-0.05, 0) is 30.2 Å². The molecule has 1 aliphatic rings. The molecule has 2 heterocycles. The maximum atomic E-state index is 12.3. The summed E-state index contributed by atoms with van der Waals surface area (Å²) in [4.78, 5) is 16.2. The molecule has 1 aromatic carbocycles. The van der Waals surface area contributed by atoms with E-state index in [1.807, 2.05) is 18.2 Å². The standard InChI is InChI=1S/C16H15ClN2O3/c1-21-13-4-2-10-6-11(9-22-14(10)7-13)16(20)19-12-3-5-15(17)18-8-12/h2-5,7-8,11H,6,9H2,1H3,(H,19,20). The van der Waals surface area contributed by atoms with Gasteiger partial charge >= 0.3 is 0 Å². The molecule has 1 aliphatic heterocycles. The Hall–Kier alpha value is -2.27. The van der Waals surface area contributed by atoms with Gasteiger partial charge in [-0.15, -0.1) is 0 Å². The number of hydrogen-bond donors (Lipinski definition) is 1. The first-order valence-electron chi connectivity index (χ1n) is 6.88. The Morgan fingerprint density at radius 3 is 3.00 bits per heavy atom. The van der Waals surface area contributed by atoms with Crippen molar-refractivity contribution in [2.24, 2.45) is 5.92 Å². The highest BCUT2D eigenvalue weighted by molar-refractivity contribution is 6.29. The molecular formula is C16H15ClN2O3. The van der Waals surface area contributed by atoms with Crippen molar-refractivity contribution in [2.75, 3.05) is 19.0 Å². The summed E-state index contributed by atoms with van der Waals surface area (Å²) in [7, 11) is 1.61. The first-order chi connectivity index (χ1) is 10.7. The minimum Gasteiger partial charge on any atom is -0.497 e. The largest absolute Gasteiger partial charge is 0.497 e. The van der Waals surface area contributed by atoms with Gasteiger partial charge in [-0.1, -0.05) is 17.7 Å². The molecule has 0 spiro atoms. The number of benzene rings is 1. The first kappa shape index (κ1) is 14.7. The summed E-state index contributed by atoms with van der Waals surface area (Å²) in [6, 6.07) is 8.99. The maximum Gasteiger partial charge on any atom is 0.231 e. The van der Waals surface area contributed by atoms with Gasteiger partial charge in [-0.3, -0.25) is 4.79 Å². The third kappa shape index (κ3) is 3.14. The van der Waals surface area contributed by atoms with Crippen molar-refractivity contribution in [3.63, 3.8) is 0 Å². The number of pyridine rings is 1. The number of halogens is 1. The van der Waals surface area contributed by atoms with Crippen LogP contribution in [0, 0.1) is 5.92 Å².